The molecule has 3 aromatic rings. The molecule has 0 radical (unpaired) electrons. The van der Waals surface area contributed by atoms with Gasteiger partial charge in [0.05, 0.1) is 11.0 Å². The van der Waals surface area contributed by atoms with Gasteiger partial charge >= 0.3 is 5.89 Å². The van der Waals surface area contributed by atoms with Crippen LogP contribution in [0.3, 0.4) is 0 Å². The Morgan fingerprint density at radius 3 is 2.24 bits per heavy atom. The van der Waals surface area contributed by atoms with Crippen LogP contribution < -0.4 is 4.57 Å². The number of benzene rings is 2. The minimum atomic E-state index is -0.0258. The summed E-state index contributed by atoms with van der Waals surface area (Å²) in [6, 6.07) is 19.1. The molecular formula is C23H26NO+. The van der Waals surface area contributed by atoms with Crippen LogP contribution in [0, 0.1) is 0 Å². The second-order valence-corrected chi connectivity index (χ2v) is 7.50. The zero-order chi connectivity index (χ0) is 17.7. The Morgan fingerprint density at radius 2 is 1.56 bits per heavy atom. The Bertz CT molecular complexity index is 911. The molecule has 128 valence electrons. The van der Waals surface area contributed by atoms with Crippen molar-refractivity contribution >= 4 is 0 Å². The monoisotopic (exact) mass is 332 g/mol. The third-order valence-electron chi connectivity index (χ3n) is 6.60. The lowest BCUT2D eigenvalue weighted by Gasteiger charge is -2.44. The van der Waals surface area contributed by atoms with Crippen molar-refractivity contribution in [3.8, 4) is 22.8 Å². The molecule has 0 spiro atoms. The van der Waals surface area contributed by atoms with Gasteiger partial charge in [-0.15, -0.1) is 0 Å². The fraction of sp³-hybridized carbons (Fsp3) is 0.348. The van der Waals surface area contributed by atoms with Crippen LogP contribution in [0.2, 0.25) is 0 Å². The van der Waals surface area contributed by atoms with E-state index < -0.39 is 0 Å². The van der Waals surface area contributed by atoms with Crippen molar-refractivity contribution in [3.05, 3.63) is 66.4 Å². The first-order chi connectivity index (χ1) is 12.0. The zero-order valence-corrected chi connectivity index (χ0v) is 15.5. The van der Waals surface area contributed by atoms with E-state index in [9.17, 15) is 0 Å². The molecule has 1 aromatic heterocycles. The van der Waals surface area contributed by atoms with E-state index >= 15 is 0 Å². The second-order valence-electron chi connectivity index (χ2n) is 7.50. The average molecular weight is 332 g/mol. The quantitative estimate of drug-likeness (QED) is 0.562. The summed E-state index contributed by atoms with van der Waals surface area (Å²) in [7, 11) is 0. The average Bonchev–Trinajstić information content (AvgIpc) is 3.13. The molecule has 0 aliphatic carbocycles. The number of fused-ring (bicyclic) bond motifs is 3. The molecule has 4 rings (SSSR count). The Balaban J connectivity index is 2.03. The van der Waals surface area contributed by atoms with Crippen molar-refractivity contribution in [1.29, 1.82) is 0 Å². The summed E-state index contributed by atoms with van der Waals surface area (Å²) in [5, 5.41) is 0. The van der Waals surface area contributed by atoms with Gasteiger partial charge in [-0.2, -0.15) is 4.57 Å². The first-order valence-electron chi connectivity index (χ1n) is 9.26. The van der Waals surface area contributed by atoms with Gasteiger partial charge < -0.3 is 4.42 Å². The molecule has 0 fully saturated rings. The highest BCUT2D eigenvalue weighted by Gasteiger charge is 2.58. The van der Waals surface area contributed by atoms with Gasteiger partial charge in [0.1, 0.15) is 0 Å². The molecule has 0 saturated carbocycles. The normalized spacial score (nSPS) is 24.6. The molecule has 0 amide bonds. The molecule has 1 aliphatic rings. The number of rotatable bonds is 3. The molecule has 0 N–H and O–H groups in total. The van der Waals surface area contributed by atoms with Gasteiger partial charge in [0.15, 0.2) is 5.54 Å². The van der Waals surface area contributed by atoms with Crippen molar-refractivity contribution in [2.75, 3.05) is 0 Å². The van der Waals surface area contributed by atoms with Gasteiger partial charge in [0.2, 0.25) is 12.0 Å². The van der Waals surface area contributed by atoms with Crippen LogP contribution in [-0.2, 0) is 11.0 Å². The van der Waals surface area contributed by atoms with Gasteiger partial charge in [-0.05, 0) is 25.0 Å². The van der Waals surface area contributed by atoms with Crippen LogP contribution >= 0.6 is 0 Å². The van der Waals surface area contributed by atoms with Crippen molar-refractivity contribution in [2.45, 2.75) is 51.5 Å². The topological polar surface area (TPSA) is 17.0 Å². The van der Waals surface area contributed by atoms with Gasteiger partial charge in [0.25, 0.3) is 0 Å². The molecular weight excluding hydrogens is 306 g/mol. The molecule has 2 heterocycles. The van der Waals surface area contributed by atoms with Crippen molar-refractivity contribution in [2.24, 2.45) is 0 Å². The molecule has 2 nitrogen and oxygen atoms in total. The summed E-state index contributed by atoms with van der Waals surface area (Å²) in [6.45, 7) is 9.36. The van der Waals surface area contributed by atoms with Crippen molar-refractivity contribution in [1.82, 2.24) is 0 Å². The van der Waals surface area contributed by atoms with E-state index in [1.807, 2.05) is 6.07 Å². The van der Waals surface area contributed by atoms with Crippen LogP contribution in [0.25, 0.3) is 22.8 Å². The molecule has 0 saturated heterocycles. The lowest BCUT2D eigenvalue weighted by molar-refractivity contribution is -0.766. The van der Waals surface area contributed by atoms with Crippen LogP contribution in [0.15, 0.2) is 65.2 Å². The van der Waals surface area contributed by atoms with Gasteiger partial charge in [-0.25, -0.2) is 0 Å². The SMILES string of the molecule is CCC1(C)c2ccccc2-c2oc(-c3ccccc3)c[n+]2C1(C)CC. The van der Waals surface area contributed by atoms with E-state index in [1.165, 1.54) is 11.1 Å². The minimum Gasteiger partial charge on any atom is -0.398 e. The number of hydrogen-bond acceptors (Lipinski definition) is 1. The number of aromatic nitrogens is 1. The lowest BCUT2D eigenvalue weighted by Crippen LogP contribution is -2.66. The maximum absolute atomic E-state index is 6.42. The van der Waals surface area contributed by atoms with Gasteiger partial charge in [-0.3, -0.25) is 0 Å². The van der Waals surface area contributed by atoms with E-state index in [0.717, 1.165) is 30.1 Å². The zero-order valence-electron chi connectivity index (χ0n) is 15.5. The molecule has 2 aromatic carbocycles. The predicted octanol–water partition coefficient (Wildman–Crippen LogP) is 5.71. The number of hydrogen-bond donors (Lipinski definition) is 0. The van der Waals surface area contributed by atoms with Crippen LogP contribution in [0.4, 0.5) is 0 Å². The van der Waals surface area contributed by atoms with Crippen molar-refractivity contribution in [3.63, 3.8) is 0 Å². The fourth-order valence-electron chi connectivity index (χ4n) is 4.48. The summed E-state index contributed by atoms with van der Waals surface area (Å²) < 4.78 is 8.81. The largest absolute Gasteiger partial charge is 0.398 e. The Kier molecular flexibility index (Phi) is 3.61. The smallest absolute Gasteiger partial charge is 0.381 e. The number of nitrogens with zero attached hydrogens (tertiary/aromatic N) is 1. The maximum atomic E-state index is 6.42. The van der Waals surface area contributed by atoms with Crippen molar-refractivity contribution < 1.29 is 8.98 Å². The van der Waals surface area contributed by atoms with Crippen LogP contribution in [0.1, 0.15) is 46.1 Å². The fourth-order valence-corrected chi connectivity index (χ4v) is 4.48. The molecule has 25 heavy (non-hydrogen) atoms. The van der Waals surface area contributed by atoms with E-state index in [-0.39, 0.29) is 11.0 Å². The summed E-state index contributed by atoms with van der Waals surface area (Å²) >= 11 is 0. The highest BCUT2D eigenvalue weighted by molar-refractivity contribution is 5.64. The molecule has 2 heteroatoms. The minimum absolute atomic E-state index is 0.0258. The second kappa shape index (κ2) is 5.59. The van der Waals surface area contributed by atoms with Crippen LogP contribution in [-0.4, -0.2) is 0 Å². The molecule has 0 bridgehead atoms. The summed E-state index contributed by atoms with van der Waals surface area (Å²) in [5.41, 5.74) is 3.78. The first kappa shape index (κ1) is 16.1. The third kappa shape index (κ3) is 2.06. The highest BCUT2D eigenvalue weighted by atomic mass is 16.4. The Labute approximate surface area is 150 Å². The van der Waals surface area contributed by atoms with Gasteiger partial charge in [0, 0.05) is 18.9 Å². The number of oxazole rings is 1. The van der Waals surface area contributed by atoms with E-state index in [1.54, 1.807) is 0 Å². The molecule has 2 unspecified atom stereocenters. The third-order valence-corrected chi connectivity index (χ3v) is 6.60. The molecule has 2 atom stereocenters. The Hall–Kier alpha value is -2.35. The maximum Gasteiger partial charge on any atom is 0.381 e. The highest BCUT2D eigenvalue weighted by Crippen LogP contribution is 2.50. The first-order valence-corrected chi connectivity index (χ1v) is 9.26. The lowest BCUT2D eigenvalue weighted by atomic mass is 9.61. The Morgan fingerprint density at radius 1 is 0.880 bits per heavy atom. The van der Waals surface area contributed by atoms with E-state index in [2.05, 4.69) is 87.0 Å². The summed E-state index contributed by atoms with van der Waals surface area (Å²) in [5.74, 6) is 1.91. The van der Waals surface area contributed by atoms with Crippen LogP contribution in [0.5, 0.6) is 0 Å². The van der Waals surface area contributed by atoms with Gasteiger partial charge in [-0.1, -0.05) is 62.4 Å². The summed E-state index contributed by atoms with van der Waals surface area (Å²) in [6.07, 6.45) is 4.35. The standard InChI is InChI=1S/C23H26NO/c1-5-22(3)19-15-11-10-14-18(19)21-24(23(22,4)6-2)16-20(25-21)17-12-8-7-9-13-17/h7-16H,5-6H2,1-4H3/q+1. The van der Waals surface area contributed by atoms with E-state index in [0.29, 0.717) is 0 Å². The molecule has 1 aliphatic heterocycles. The predicted molar refractivity (Wildman–Crippen MR) is 101 cm³/mol. The summed E-state index contributed by atoms with van der Waals surface area (Å²) in [4.78, 5) is 0. The van der Waals surface area contributed by atoms with E-state index in [4.69, 9.17) is 4.42 Å².